The lowest BCUT2D eigenvalue weighted by Crippen LogP contribution is -2.36. The molecule has 0 amide bonds. The summed E-state index contributed by atoms with van der Waals surface area (Å²) in [4.78, 5) is 0. The molecule has 0 aliphatic carbocycles. The van der Waals surface area contributed by atoms with Crippen molar-refractivity contribution in [2.45, 2.75) is 25.8 Å². The van der Waals surface area contributed by atoms with E-state index in [9.17, 15) is 0 Å². The van der Waals surface area contributed by atoms with Gasteiger partial charge < -0.3 is 10.6 Å². The quantitative estimate of drug-likeness (QED) is 0.887. The van der Waals surface area contributed by atoms with Crippen molar-refractivity contribution in [2.75, 3.05) is 19.6 Å². The Kier molecular flexibility index (Phi) is 7.02. The molecule has 0 saturated carbocycles. The fraction of sp³-hybridized carbons (Fsp3) is 0.571. The van der Waals surface area contributed by atoms with E-state index in [1.165, 1.54) is 24.9 Å². The summed E-state index contributed by atoms with van der Waals surface area (Å²) >= 11 is 5.89. The van der Waals surface area contributed by atoms with E-state index in [4.69, 9.17) is 11.6 Å². The van der Waals surface area contributed by atoms with Crippen LogP contribution in [0.1, 0.15) is 31.4 Å². The summed E-state index contributed by atoms with van der Waals surface area (Å²) < 4.78 is 0. The molecule has 1 saturated heterocycles. The molecule has 1 aliphatic heterocycles. The Bertz CT molecular complexity index is 334. The zero-order valence-electron chi connectivity index (χ0n) is 10.8. The van der Waals surface area contributed by atoms with Crippen LogP contribution in [0.4, 0.5) is 0 Å². The first kappa shape index (κ1) is 15.8. The molecule has 0 spiro atoms. The molecule has 2 N–H and O–H groups in total. The number of hydrogen-bond acceptors (Lipinski definition) is 2. The molecule has 1 heterocycles. The molecular weight excluding hydrogens is 267 g/mol. The van der Waals surface area contributed by atoms with Crippen molar-refractivity contribution in [3.63, 3.8) is 0 Å². The van der Waals surface area contributed by atoms with Gasteiger partial charge >= 0.3 is 0 Å². The minimum absolute atomic E-state index is 0. The molecule has 18 heavy (non-hydrogen) atoms. The Morgan fingerprint density at radius 2 is 2.11 bits per heavy atom. The Morgan fingerprint density at radius 1 is 1.39 bits per heavy atom. The highest BCUT2D eigenvalue weighted by Gasteiger charge is 2.14. The number of halogens is 2. The summed E-state index contributed by atoms with van der Waals surface area (Å²) in [5.41, 5.74) is 1.30. The molecule has 1 aliphatic rings. The first-order valence-electron chi connectivity index (χ1n) is 6.45. The zero-order valence-corrected chi connectivity index (χ0v) is 12.4. The number of hydrogen-bond donors (Lipinski definition) is 2. The molecule has 4 heteroatoms. The van der Waals surface area contributed by atoms with Crippen molar-refractivity contribution in [3.8, 4) is 0 Å². The molecule has 0 aromatic heterocycles. The topological polar surface area (TPSA) is 24.1 Å². The highest BCUT2D eigenvalue weighted by molar-refractivity contribution is 6.30. The number of piperidine rings is 1. The normalized spacial score (nSPS) is 21.1. The fourth-order valence-electron chi connectivity index (χ4n) is 2.31. The maximum Gasteiger partial charge on any atom is 0.0406 e. The second kappa shape index (κ2) is 8.00. The van der Waals surface area contributed by atoms with Crippen molar-refractivity contribution in [1.29, 1.82) is 0 Å². The van der Waals surface area contributed by atoms with Crippen LogP contribution in [-0.2, 0) is 0 Å². The van der Waals surface area contributed by atoms with Crippen molar-refractivity contribution >= 4 is 24.0 Å². The second-order valence-electron chi connectivity index (χ2n) is 4.89. The van der Waals surface area contributed by atoms with E-state index in [-0.39, 0.29) is 12.4 Å². The van der Waals surface area contributed by atoms with Crippen LogP contribution in [0.25, 0.3) is 0 Å². The van der Waals surface area contributed by atoms with Gasteiger partial charge in [0.15, 0.2) is 0 Å². The second-order valence-corrected chi connectivity index (χ2v) is 5.33. The molecule has 102 valence electrons. The van der Waals surface area contributed by atoms with Crippen LogP contribution in [0.15, 0.2) is 24.3 Å². The van der Waals surface area contributed by atoms with Gasteiger partial charge in [0.25, 0.3) is 0 Å². The van der Waals surface area contributed by atoms with Crippen molar-refractivity contribution < 1.29 is 0 Å². The van der Waals surface area contributed by atoms with Gasteiger partial charge in [-0.3, -0.25) is 0 Å². The predicted molar refractivity (Wildman–Crippen MR) is 80.7 cm³/mol. The van der Waals surface area contributed by atoms with Gasteiger partial charge in [-0.15, -0.1) is 12.4 Å². The van der Waals surface area contributed by atoms with Crippen LogP contribution in [0.2, 0.25) is 5.02 Å². The molecule has 1 unspecified atom stereocenters. The minimum Gasteiger partial charge on any atom is -0.316 e. The Morgan fingerprint density at radius 3 is 2.72 bits per heavy atom. The SMILES string of the molecule is C[C@H](NCC1CCCNC1)c1ccc(Cl)cc1.Cl. The third-order valence-corrected chi connectivity index (χ3v) is 3.73. The first-order valence-corrected chi connectivity index (χ1v) is 6.83. The standard InChI is InChI=1S/C14H21ClN2.ClH/c1-11(13-4-6-14(15)7-5-13)17-10-12-3-2-8-16-9-12;/h4-7,11-12,16-17H,2-3,8-10H2,1H3;1H/t11-,12?;/m0./s1. The average molecular weight is 289 g/mol. The average Bonchev–Trinajstić information content (AvgIpc) is 2.38. The van der Waals surface area contributed by atoms with Gasteiger partial charge in [-0.25, -0.2) is 0 Å². The molecule has 2 rings (SSSR count). The maximum absolute atomic E-state index is 5.89. The van der Waals surface area contributed by atoms with Crippen molar-refractivity contribution in [3.05, 3.63) is 34.9 Å². The maximum atomic E-state index is 5.89. The van der Waals surface area contributed by atoms with Crippen LogP contribution in [0, 0.1) is 5.92 Å². The highest BCUT2D eigenvalue weighted by atomic mass is 35.5. The van der Waals surface area contributed by atoms with Crippen molar-refractivity contribution in [1.82, 2.24) is 10.6 Å². The minimum atomic E-state index is 0. The molecule has 2 nitrogen and oxygen atoms in total. The van der Waals surface area contributed by atoms with Gasteiger partial charge in [0.1, 0.15) is 0 Å². The first-order chi connectivity index (χ1) is 8.25. The number of benzene rings is 1. The lowest BCUT2D eigenvalue weighted by atomic mass is 9.99. The Hall–Kier alpha value is -0.280. The van der Waals surface area contributed by atoms with E-state index in [0.717, 1.165) is 24.0 Å². The number of rotatable bonds is 4. The van der Waals surface area contributed by atoms with E-state index in [2.05, 4.69) is 29.7 Å². The van der Waals surface area contributed by atoms with Crippen LogP contribution in [0.5, 0.6) is 0 Å². The van der Waals surface area contributed by atoms with Crippen LogP contribution >= 0.6 is 24.0 Å². The lowest BCUT2D eigenvalue weighted by Gasteiger charge is -2.25. The summed E-state index contributed by atoms with van der Waals surface area (Å²) in [6.45, 7) is 5.64. The molecule has 0 radical (unpaired) electrons. The van der Waals surface area contributed by atoms with E-state index in [1.807, 2.05) is 12.1 Å². The number of nitrogens with one attached hydrogen (secondary N) is 2. The van der Waals surface area contributed by atoms with E-state index < -0.39 is 0 Å². The highest BCUT2D eigenvalue weighted by Crippen LogP contribution is 2.17. The third-order valence-electron chi connectivity index (χ3n) is 3.48. The summed E-state index contributed by atoms with van der Waals surface area (Å²) in [5, 5.41) is 7.86. The predicted octanol–water partition coefficient (Wildman–Crippen LogP) is 3.41. The van der Waals surface area contributed by atoms with Crippen LogP contribution < -0.4 is 10.6 Å². The van der Waals surface area contributed by atoms with Gasteiger partial charge in [0, 0.05) is 11.1 Å². The van der Waals surface area contributed by atoms with Gasteiger partial charge in [-0.2, -0.15) is 0 Å². The van der Waals surface area contributed by atoms with Gasteiger partial charge in [-0.1, -0.05) is 23.7 Å². The smallest absolute Gasteiger partial charge is 0.0406 e. The largest absolute Gasteiger partial charge is 0.316 e. The van der Waals surface area contributed by atoms with Crippen LogP contribution in [-0.4, -0.2) is 19.6 Å². The summed E-state index contributed by atoms with van der Waals surface area (Å²) in [6.07, 6.45) is 2.65. The lowest BCUT2D eigenvalue weighted by molar-refractivity contribution is 0.348. The van der Waals surface area contributed by atoms with E-state index >= 15 is 0 Å². The van der Waals surface area contributed by atoms with Crippen molar-refractivity contribution in [2.24, 2.45) is 5.92 Å². The van der Waals surface area contributed by atoms with Crippen LogP contribution in [0.3, 0.4) is 0 Å². The van der Waals surface area contributed by atoms with Gasteiger partial charge in [-0.05, 0) is 63.0 Å². The molecule has 1 aromatic rings. The fourth-order valence-corrected chi connectivity index (χ4v) is 2.44. The monoisotopic (exact) mass is 288 g/mol. The molecule has 1 fully saturated rings. The Balaban J connectivity index is 0.00000162. The molecule has 2 atom stereocenters. The summed E-state index contributed by atoms with van der Waals surface area (Å²) in [5.74, 6) is 0.776. The van der Waals surface area contributed by atoms with Gasteiger partial charge in [0.2, 0.25) is 0 Å². The zero-order chi connectivity index (χ0) is 12.1. The molecule has 1 aromatic carbocycles. The summed E-state index contributed by atoms with van der Waals surface area (Å²) in [6, 6.07) is 8.50. The van der Waals surface area contributed by atoms with E-state index in [1.54, 1.807) is 0 Å². The molecule has 0 bridgehead atoms. The van der Waals surface area contributed by atoms with E-state index in [0.29, 0.717) is 6.04 Å². The third kappa shape index (κ3) is 4.77. The Labute approximate surface area is 121 Å². The summed E-state index contributed by atoms with van der Waals surface area (Å²) in [7, 11) is 0. The van der Waals surface area contributed by atoms with Gasteiger partial charge in [0.05, 0.1) is 0 Å². The molecular formula is C14H22Cl2N2.